The number of nitrogens with two attached hydrogens (primary N) is 1. The van der Waals surface area contributed by atoms with Crippen LogP contribution in [0, 0.1) is 0 Å². The van der Waals surface area contributed by atoms with Gasteiger partial charge in [-0.15, -0.1) is 6.58 Å². The van der Waals surface area contributed by atoms with E-state index in [4.69, 9.17) is 5.73 Å². The zero-order valence-electron chi connectivity index (χ0n) is 6.28. The Morgan fingerprint density at radius 1 is 1.82 bits per heavy atom. The van der Waals surface area contributed by atoms with Crippen molar-refractivity contribution in [2.45, 2.75) is 12.2 Å². The van der Waals surface area contributed by atoms with Crippen molar-refractivity contribution in [1.82, 2.24) is 0 Å². The number of primary amides is 1. The average Bonchev–Trinajstić information content (AvgIpc) is 1.97. The summed E-state index contributed by atoms with van der Waals surface area (Å²) >= 11 is 0. The molecule has 0 bridgehead atoms. The monoisotopic (exact) mass is 209 g/mol. The molecular formula is C6H11NOS3. The third kappa shape index (κ3) is 6.65. The summed E-state index contributed by atoms with van der Waals surface area (Å²) in [7, 11) is 4.71. The largest absolute Gasteiger partial charge is 0.369 e. The van der Waals surface area contributed by atoms with Gasteiger partial charge in [0.05, 0.1) is 5.25 Å². The van der Waals surface area contributed by atoms with Gasteiger partial charge in [-0.2, -0.15) is 0 Å². The minimum Gasteiger partial charge on any atom is -0.369 e. The van der Waals surface area contributed by atoms with E-state index < -0.39 is 0 Å². The lowest BCUT2D eigenvalue weighted by molar-refractivity contribution is -0.117. The first-order valence-electron chi connectivity index (χ1n) is 3.03. The SMILES string of the molecule is C=CCSSSC(C)C(N)=O. The first-order valence-corrected chi connectivity index (χ1v) is 6.75. The van der Waals surface area contributed by atoms with Crippen molar-refractivity contribution in [1.29, 1.82) is 0 Å². The van der Waals surface area contributed by atoms with Crippen LogP contribution in [0.2, 0.25) is 0 Å². The maximum absolute atomic E-state index is 10.5. The maximum Gasteiger partial charge on any atom is 0.231 e. The van der Waals surface area contributed by atoms with Gasteiger partial charge in [-0.05, 0) is 16.7 Å². The van der Waals surface area contributed by atoms with E-state index in [1.54, 1.807) is 27.5 Å². The van der Waals surface area contributed by atoms with Crippen molar-refractivity contribution in [2.24, 2.45) is 5.73 Å². The molecule has 1 unspecified atom stereocenters. The molecule has 0 aromatic rings. The van der Waals surface area contributed by atoms with E-state index >= 15 is 0 Å². The summed E-state index contributed by atoms with van der Waals surface area (Å²) in [5, 5.41) is -0.114. The molecule has 2 N–H and O–H groups in total. The fourth-order valence-electron chi connectivity index (χ4n) is 0.210. The molecule has 0 aliphatic rings. The lowest BCUT2D eigenvalue weighted by atomic mass is 10.5. The van der Waals surface area contributed by atoms with Crippen molar-refractivity contribution in [3.63, 3.8) is 0 Å². The van der Waals surface area contributed by atoms with Crippen LogP contribution in [0.3, 0.4) is 0 Å². The molecule has 0 aromatic heterocycles. The first-order chi connectivity index (χ1) is 5.18. The fraction of sp³-hybridized carbons (Fsp3) is 0.500. The highest BCUT2D eigenvalue weighted by atomic mass is 33.5. The fourth-order valence-corrected chi connectivity index (χ4v) is 3.95. The van der Waals surface area contributed by atoms with E-state index in [9.17, 15) is 4.79 Å². The molecule has 0 radical (unpaired) electrons. The van der Waals surface area contributed by atoms with E-state index in [1.807, 2.05) is 6.08 Å². The number of rotatable bonds is 6. The van der Waals surface area contributed by atoms with Crippen molar-refractivity contribution in [3.8, 4) is 0 Å². The molecule has 11 heavy (non-hydrogen) atoms. The summed E-state index contributed by atoms with van der Waals surface area (Å²) in [4.78, 5) is 10.5. The molecular weight excluding hydrogens is 198 g/mol. The van der Waals surface area contributed by atoms with Gasteiger partial charge in [-0.3, -0.25) is 4.79 Å². The average molecular weight is 209 g/mol. The van der Waals surface area contributed by atoms with Crippen LogP contribution in [-0.4, -0.2) is 16.9 Å². The van der Waals surface area contributed by atoms with E-state index in [0.29, 0.717) is 0 Å². The van der Waals surface area contributed by atoms with Crippen LogP contribution in [0.15, 0.2) is 12.7 Å². The van der Waals surface area contributed by atoms with Crippen molar-refractivity contribution >= 4 is 37.3 Å². The Labute approximate surface area is 78.5 Å². The van der Waals surface area contributed by atoms with Crippen LogP contribution in [0.25, 0.3) is 0 Å². The Morgan fingerprint density at radius 3 is 2.91 bits per heavy atom. The molecule has 0 aliphatic carbocycles. The van der Waals surface area contributed by atoms with Gasteiger partial charge < -0.3 is 5.73 Å². The minimum atomic E-state index is -0.262. The summed E-state index contributed by atoms with van der Waals surface area (Å²) < 4.78 is 0. The summed E-state index contributed by atoms with van der Waals surface area (Å²) in [5.74, 6) is 0.630. The van der Waals surface area contributed by atoms with Crippen LogP contribution < -0.4 is 5.73 Å². The smallest absolute Gasteiger partial charge is 0.231 e. The van der Waals surface area contributed by atoms with Crippen molar-refractivity contribution in [2.75, 3.05) is 5.75 Å². The minimum absolute atomic E-state index is 0.114. The third-order valence-electron chi connectivity index (χ3n) is 0.818. The Morgan fingerprint density at radius 2 is 2.45 bits per heavy atom. The van der Waals surface area contributed by atoms with Gasteiger partial charge in [-0.25, -0.2) is 0 Å². The molecule has 0 saturated carbocycles. The molecule has 1 atom stereocenters. The number of hydrogen-bond donors (Lipinski definition) is 1. The Kier molecular flexibility index (Phi) is 7.10. The van der Waals surface area contributed by atoms with Gasteiger partial charge in [0.2, 0.25) is 5.91 Å². The third-order valence-corrected chi connectivity index (χ3v) is 5.26. The van der Waals surface area contributed by atoms with Crippen LogP contribution in [0.5, 0.6) is 0 Å². The molecule has 0 aromatic carbocycles. The number of amides is 1. The van der Waals surface area contributed by atoms with Crippen LogP contribution in [0.4, 0.5) is 0 Å². The van der Waals surface area contributed by atoms with Crippen LogP contribution >= 0.6 is 31.4 Å². The molecule has 1 amide bonds. The van der Waals surface area contributed by atoms with Gasteiger partial charge in [0.25, 0.3) is 0 Å². The molecule has 0 heterocycles. The van der Waals surface area contributed by atoms with Crippen LogP contribution in [-0.2, 0) is 4.79 Å². The van der Waals surface area contributed by atoms with Gasteiger partial charge in [0.15, 0.2) is 0 Å². The molecule has 0 aliphatic heterocycles. The summed E-state index contributed by atoms with van der Waals surface area (Å²) in [6, 6.07) is 0. The number of carbonyl (C=O) groups excluding carboxylic acids is 1. The van der Waals surface area contributed by atoms with Crippen LogP contribution in [0.1, 0.15) is 6.92 Å². The second kappa shape index (κ2) is 6.94. The molecule has 0 fully saturated rings. The quantitative estimate of drug-likeness (QED) is 0.413. The van der Waals surface area contributed by atoms with Crippen molar-refractivity contribution in [3.05, 3.63) is 12.7 Å². The lowest BCUT2D eigenvalue weighted by Crippen LogP contribution is -2.21. The molecule has 2 nitrogen and oxygen atoms in total. The lowest BCUT2D eigenvalue weighted by Gasteiger charge is -2.03. The maximum atomic E-state index is 10.5. The molecule has 64 valence electrons. The molecule has 0 rings (SSSR count). The second-order valence-corrected chi connectivity index (χ2v) is 6.30. The zero-order valence-corrected chi connectivity index (χ0v) is 8.73. The standard InChI is InChI=1S/C6H11NOS3/c1-3-4-9-11-10-5(2)6(7)8/h3,5H,1,4H2,2H3,(H2,7,8). The number of carbonyl (C=O) groups is 1. The Hall–Kier alpha value is 0.260. The predicted octanol–water partition coefficient (Wildman–Crippen LogP) is 2.08. The Balaban J connectivity index is 3.24. The zero-order chi connectivity index (χ0) is 8.69. The van der Waals surface area contributed by atoms with Gasteiger partial charge in [0.1, 0.15) is 0 Å². The Bertz CT molecular complexity index is 140. The van der Waals surface area contributed by atoms with Gasteiger partial charge >= 0.3 is 0 Å². The van der Waals surface area contributed by atoms with E-state index in [2.05, 4.69) is 6.58 Å². The second-order valence-electron chi connectivity index (χ2n) is 1.78. The van der Waals surface area contributed by atoms with Gasteiger partial charge in [-0.1, -0.05) is 27.7 Å². The molecule has 0 spiro atoms. The highest BCUT2D eigenvalue weighted by Crippen LogP contribution is 2.37. The van der Waals surface area contributed by atoms with E-state index in [-0.39, 0.29) is 11.2 Å². The molecule has 5 heteroatoms. The molecule has 0 saturated heterocycles. The van der Waals surface area contributed by atoms with E-state index in [0.717, 1.165) is 5.75 Å². The van der Waals surface area contributed by atoms with E-state index in [1.165, 1.54) is 10.8 Å². The first kappa shape index (κ1) is 11.3. The summed E-state index contributed by atoms with van der Waals surface area (Å²) in [6.07, 6.45) is 1.83. The van der Waals surface area contributed by atoms with Crippen molar-refractivity contribution < 1.29 is 4.79 Å². The number of hydrogen-bond acceptors (Lipinski definition) is 4. The normalized spacial score (nSPS) is 12.5. The topological polar surface area (TPSA) is 43.1 Å². The highest BCUT2D eigenvalue weighted by Gasteiger charge is 2.08. The van der Waals surface area contributed by atoms with Gasteiger partial charge in [0, 0.05) is 5.75 Å². The summed E-state index contributed by atoms with van der Waals surface area (Å²) in [6.45, 7) is 5.38. The summed E-state index contributed by atoms with van der Waals surface area (Å²) in [5.41, 5.74) is 5.05. The highest BCUT2D eigenvalue weighted by molar-refractivity contribution is 9.09. The predicted molar refractivity (Wildman–Crippen MR) is 56.5 cm³/mol.